The fourth-order valence-electron chi connectivity index (χ4n) is 4.12. The van der Waals surface area contributed by atoms with Gasteiger partial charge in [0.05, 0.1) is 12.6 Å². The number of methoxy groups -OCH3 is 1. The lowest BCUT2D eigenvalue weighted by atomic mass is 9.96. The highest BCUT2D eigenvalue weighted by Gasteiger charge is 2.18. The summed E-state index contributed by atoms with van der Waals surface area (Å²) in [6.45, 7) is 6.39. The van der Waals surface area contributed by atoms with Gasteiger partial charge in [-0.1, -0.05) is 52.7 Å². The molecule has 0 amide bonds. The van der Waals surface area contributed by atoms with Crippen molar-refractivity contribution in [1.29, 1.82) is 0 Å². The van der Waals surface area contributed by atoms with E-state index in [-0.39, 0.29) is 0 Å². The minimum Gasteiger partial charge on any atom is -0.497 e. The van der Waals surface area contributed by atoms with Crippen molar-refractivity contribution in [2.45, 2.75) is 20.8 Å². The number of hydrogen-bond donors (Lipinski definition) is 0. The van der Waals surface area contributed by atoms with Crippen molar-refractivity contribution in [3.8, 4) is 17.0 Å². The first-order valence-corrected chi connectivity index (χ1v) is 9.40. The molecule has 5 aromatic rings. The van der Waals surface area contributed by atoms with Crippen molar-refractivity contribution >= 4 is 27.2 Å². The molecule has 138 valence electrons. The number of hydrogen-bond acceptors (Lipinski definition) is 3. The highest BCUT2D eigenvalue weighted by Crippen LogP contribution is 2.37. The van der Waals surface area contributed by atoms with Gasteiger partial charge < -0.3 is 4.74 Å². The second kappa shape index (κ2) is 6.06. The zero-order valence-electron chi connectivity index (χ0n) is 16.4. The average molecular weight is 367 g/mol. The Hall–Kier alpha value is -3.40. The van der Waals surface area contributed by atoms with E-state index in [2.05, 4.69) is 79.6 Å². The second-order valence-electron chi connectivity index (χ2n) is 7.45. The van der Waals surface area contributed by atoms with E-state index in [1.54, 1.807) is 7.11 Å². The van der Waals surface area contributed by atoms with Gasteiger partial charge in [0.2, 0.25) is 0 Å². The summed E-state index contributed by atoms with van der Waals surface area (Å²) in [5.74, 6) is 0.839. The Labute approximate surface area is 163 Å². The number of benzene rings is 3. The maximum atomic E-state index is 5.48. The van der Waals surface area contributed by atoms with Gasteiger partial charge in [-0.3, -0.25) is 0 Å². The summed E-state index contributed by atoms with van der Waals surface area (Å²) < 4.78 is 7.45. The number of nitrogens with zero attached hydrogens (tertiary/aromatic N) is 3. The molecule has 0 saturated heterocycles. The van der Waals surface area contributed by atoms with Crippen LogP contribution in [0.2, 0.25) is 0 Å². The minimum atomic E-state index is 0.839. The van der Waals surface area contributed by atoms with Crippen LogP contribution in [0.5, 0.6) is 5.75 Å². The molecule has 2 heterocycles. The van der Waals surface area contributed by atoms with E-state index in [0.29, 0.717) is 0 Å². The highest BCUT2D eigenvalue weighted by atomic mass is 16.5. The van der Waals surface area contributed by atoms with Crippen molar-refractivity contribution in [3.05, 3.63) is 71.3 Å². The topological polar surface area (TPSA) is 39.4 Å². The standard InChI is InChI=1S/C24H21N3O/c1-14-5-7-17(8-6-14)23-24-22-16(3)11-15(2)12-20(22)19-13-18(28-4)9-10-21(19)27(24)26-25-23/h5-13H,1-4H3. The summed E-state index contributed by atoms with van der Waals surface area (Å²) >= 11 is 0. The molecule has 0 aliphatic heterocycles. The summed E-state index contributed by atoms with van der Waals surface area (Å²) in [5.41, 5.74) is 7.76. The molecule has 5 rings (SSSR count). The molecule has 0 fully saturated rings. The largest absolute Gasteiger partial charge is 0.497 e. The molecule has 0 spiro atoms. The fraction of sp³-hybridized carbons (Fsp3) is 0.167. The van der Waals surface area contributed by atoms with Crippen LogP contribution in [-0.4, -0.2) is 21.9 Å². The molecule has 0 unspecified atom stereocenters. The smallest absolute Gasteiger partial charge is 0.121 e. The summed E-state index contributed by atoms with van der Waals surface area (Å²) in [6, 6.07) is 19.1. The van der Waals surface area contributed by atoms with Crippen LogP contribution in [0.15, 0.2) is 54.6 Å². The number of aromatic nitrogens is 3. The molecule has 4 heteroatoms. The van der Waals surface area contributed by atoms with Crippen LogP contribution < -0.4 is 4.74 Å². The molecule has 4 nitrogen and oxygen atoms in total. The molecule has 0 radical (unpaired) electrons. The number of fused-ring (bicyclic) bond motifs is 6. The summed E-state index contributed by atoms with van der Waals surface area (Å²) in [4.78, 5) is 0. The predicted octanol–water partition coefficient (Wildman–Crippen LogP) is 5.64. The number of pyridine rings is 1. The van der Waals surface area contributed by atoms with Crippen molar-refractivity contribution in [1.82, 2.24) is 14.8 Å². The number of rotatable bonds is 2. The van der Waals surface area contributed by atoms with E-state index in [0.717, 1.165) is 33.4 Å². The Bertz CT molecular complexity index is 1360. The van der Waals surface area contributed by atoms with Crippen LogP contribution in [-0.2, 0) is 0 Å². The predicted molar refractivity (Wildman–Crippen MR) is 114 cm³/mol. The molecule has 0 aliphatic carbocycles. The van der Waals surface area contributed by atoms with Gasteiger partial charge in [0.15, 0.2) is 0 Å². The molecule has 3 aromatic carbocycles. The Morgan fingerprint density at radius 2 is 1.61 bits per heavy atom. The van der Waals surface area contributed by atoms with Crippen molar-refractivity contribution in [2.24, 2.45) is 0 Å². The Balaban J connectivity index is 2.01. The van der Waals surface area contributed by atoms with Crippen LogP contribution >= 0.6 is 0 Å². The lowest BCUT2D eigenvalue weighted by molar-refractivity contribution is 0.415. The molecule has 28 heavy (non-hydrogen) atoms. The van der Waals surface area contributed by atoms with E-state index >= 15 is 0 Å². The first-order valence-electron chi connectivity index (χ1n) is 9.40. The third kappa shape index (κ3) is 2.38. The maximum Gasteiger partial charge on any atom is 0.121 e. The minimum absolute atomic E-state index is 0.839. The van der Waals surface area contributed by atoms with E-state index in [1.165, 1.54) is 27.5 Å². The molecule has 0 bridgehead atoms. The monoisotopic (exact) mass is 367 g/mol. The number of aryl methyl sites for hydroxylation is 3. The van der Waals surface area contributed by atoms with Gasteiger partial charge in [0, 0.05) is 16.3 Å². The Morgan fingerprint density at radius 1 is 0.821 bits per heavy atom. The van der Waals surface area contributed by atoms with Gasteiger partial charge in [-0.2, -0.15) is 0 Å². The molecular weight excluding hydrogens is 346 g/mol. The Morgan fingerprint density at radius 3 is 2.36 bits per heavy atom. The first kappa shape index (κ1) is 16.8. The van der Waals surface area contributed by atoms with Gasteiger partial charge in [0.25, 0.3) is 0 Å². The van der Waals surface area contributed by atoms with Gasteiger partial charge in [0.1, 0.15) is 17.0 Å². The normalized spacial score (nSPS) is 11.6. The molecule has 2 aromatic heterocycles. The lowest BCUT2D eigenvalue weighted by Gasteiger charge is -2.13. The van der Waals surface area contributed by atoms with Crippen molar-refractivity contribution in [2.75, 3.05) is 7.11 Å². The van der Waals surface area contributed by atoms with Crippen LogP contribution in [0.1, 0.15) is 16.7 Å². The summed E-state index contributed by atoms with van der Waals surface area (Å²) in [5, 5.41) is 12.6. The van der Waals surface area contributed by atoms with Gasteiger partial charge in [-0.05, 0) is 49.9 Å². The van der Waals surface area contributed by atoms with E-state index in [1.807, 2.05) is 10.6 Å². The van der Waals surface area contributed by atoms with Crippen LogP contribution in [0.3, 0.4) is 0 Å². The van der Waals surface area contributed by atoms with Gasteiger partial charge in [-0.25, -0.2) is 4.52 Å². The van der Waals surface area contributed by atoms with Crippen molar-refractivity contribution < 1.29 is 4.74 Å². The zero-order valence-corrected chi connectivity index (χ0v) is 16.4. The van der Waals surface area contributed by atoms with Crippen LogP contribution in [0, 0.1) is 20.8 Å². The SMILES string of the molecule is COc1ccc2c(c1)c1cc(C)cc(C)c1c1c(-c3ccc(C)cc3)nnn21. The third-order valence-electron chi connectivity index (χ3n) is 5.43. The van der Waals surface area contributed by atoms with E-state index in [9.17, 15) is 0 Å². The fourth-order valence-corrected chi connectivity index (χ4v) is 4.12. The third-order valence-corrected chi connectivity index (χ3v) is 5.43. The number of ether oxygens (including phenoxy) is 1. The molecule has 0 aliphatic rings. The summed E-state index contributed by atoms with van der Waals surface area (Å²) in [6.07, 6.45) is 0. The van der Waals surface area contributed by atoms with E-state index < -0.39 is 0 Å². The van der Waals surface area contributed by atoms with Gasteiger partial charge >= 0.3 is 0 Å². The van der Waals surface area contributed by atoms with Crippen molar-refractivity contribution in [3.63, 3.8) is 0 Å². The van der Waals surface area contributed by atoms with Gasteiger partial charge in [-0.15, -0.1) is 5.10 Å². The second-order valence-corrected chi connectivity index (χ2v) is 7.45. The first-order chi connectivity index (χ1) is 13.6. The zero-order chi connectivity index (χ0) is 19.4. The van der Waals surface area contributed by atoms with Crippen LogP contribution in [0.4, 0.5) is 0 Å². The quantitative estimate of drug-likeness (QED) is 0.379. The Kier molecular flexibility index (Phi) is 3.63. The van der Waals surface area contributed by atoms with Crippen LogP contribution in [0.25, 0.3) is 38.4 Å². The molecule has 0 saturated carbocycles. The molecule has 0 atom stereocenters. The highest BCUT2D eigenvalue weighted by molar-refractivity contribution is 6.16. The summed E-state index contributed by atoms with van der Waals surface area (Å²) in [7, 11) is 1.70. The maximum absolute atomic E-state index is 5.48. The average Bonchev–Trinajstić information content (AvgIpc) is 3.12. The molecular formula is C24H21N3O. The lowest BCUT2D eigenvalue weighted by Crippen LogP contribution is -1.96. The molecule has 0 N–H and O–H groups in total. The van der Waals surface area contributed by atoms with E-state index in [4.69, 9.17) is 4.74 Å².